The smallest absolute Gasteiger partial charge is 0.317 e. The third-order valence-electron chi connectivity index (χ3n) is 8.05. The molecule has 1 aliphatic carbocycles. The minimum absolute atomic E-state index is 0.0960. The number of carbonyl (C=O) groups excluding carboxylic acids is 1. The van der Waals surface area contributed by atoms with Crippen molar-refractivity contribution >= 4 is 50.2 Å². The summed E-state index contributed by atoms with van der Waals surface area (Å²) >= 11 is 7.94. The van der Waals surface area contributed by atoms with Crippen LogP contribution in [0.15, 0.2) is 48.8 Å². The molecule has 2 amide bonds. The molecule has 2 N–H and O–H groups in total. The van der Waals surface area contributed by atoms with Crippen LogP contribution in [0.3, 0.4) is 0 Å². The molecule has 1 saturated heterocycles. The van der Waals surface area contributed by atoms with Gasteiger partial charge in [-0.2, -0.15) is 0 Å². The highest BCUT2D eigenvalue weighted by atomic mass is 35.5. The number of urea groups is 1. The Kier molecular flexibility index (Phi) is 6.85. The lowest BCUT2D eigenvalue weighted by Gasteiger charge is -2.31. The van der Waals surface area contributed by atoms with Crippen LogP contribution in [0.1, 0.15) is 44.2 Å². The molecule has 1 saturated carbocycles. The van der Waals surface area contributed by atoms with Crippen LogP contribution in [-0.4, -0.2) is 55.0 Å². The molecule has 5 heterocycles. The average molecular weight is 572 g/mol. The van der Waals surface area contributed by atoms with Gasteiger partial charge in [0.05, 0.1) is 22.3 Å². The number of nitrogens with zero attached hydrogens (tertiary/aromatic N) is 5. The van der Waals surface area contributed by atoms with Gasteiger partial charge in [0.25, 0.3) is 0 Å². The summed E-state index contributed by atoms with van der Waals surface area (Å²) in [6, 6.07) is 13.0. The zero-order valence-corrected chi connectivity index (χ0v) is 23.6. The highest BCUT2D eigenvalue weighted by Crippen LogP contribution is 2.35. The predicted octanol–water partition coefficient (Wildman–Crippen LogP) is 6.86. The van der Waals surface area contributed by atoms with E-state index in [-0.39, 0.29) is 12.1 Å². The van der Waals surface area contributed by atoms with Crippen LogP contribution < -0.4 is 5.32 Å². The van der Waals surface area contributed by atoms with E-state index in [1.54, 1.807) is 11.3 Å². The Morgan fingerprint density at radius 3 is 2.85 bits per heavy atom. The largest absolute Gasteiger partial charge is 0.344 e. The minimum atomic E-state index is 0.0960. The standard InChI is InChI=1S/C30H30ClN7OS/c31-26-17-33-29-27(37-26)22(16-32-29)28-34-21(15-23(36-28)25-14-19-7-1-2-9-24(19)40-25)13-18-6-5-8-20(12-18)35-30(39)38-10-3-4-11-38/h1-2,7,9,14-18,20H,3-6,8,10-13H2,(H,32,33)(H,35,39). The van der Waals surface area contributed by atoms with Crippen LogP contribution >= 0.6 is 22.9 Å². The lowest BCUT2D eigenvalue weighted by atomic mass is 9.83. The second-order valence-corrected chi connectivity index (χ2v) is 12.4. The number of H-pyrrole nitrogens is 1. The van der Waals surface area contributed by atoms with Gasteiger partial charge < -0.3 is 15.2 Å². The predicted molar refractivity (Wildman–Crippen MR) is 160 cm³/mol. The average Bonchev–Trinajstić information content (AvgIpc) is 3.73. The molecular formula is C30H30ClN7OS. The molecule has 10 heteroatoms. The Labute approximate surface area is 241 Å². The van der Waals surface area contributed by atoms with Gasteiger partial charge in [-0.05, 0) is 68.0 Å². The van der Waals surface area contributed by atoms with Crippen molar-refractivity contribution < 1.29 is 4.79 Å². The zero-order valence-electron chi connectivity index (χ0n) is 22.1. The number of fused-ring (bicyclic) bond motifs is 2. The van der Waals surface area contributed by atoms with E-state index >= 15 is 0 Å². The van der Waals surface area contributed by atoms with E-state index < -0.39 is 0 Å². The molecule has 2 fully saturated rings. The van der Waals surface area contributed by atoms with Crippen LogP contribution in [0.4, 0.5) is 4.79 Å². The lowest BCUT2D eigenvalue weighted by molar-refractivity contribution is 0.195. The molecule has 2 unspecified atom stereocenters. The van der Waals surface area contributed by atoms with Crippen molar-refractivity contribution in [3.8, 4) is 22.0 Å². The normalized spacial score (nSPS) is 19.5. The number of amides is 2. The molecule has 4 aromatic heterocycles. The monoisotopic (exact) mass is 571 g/mol. The van der Waals surface area contributed by atoms with Gasteiger partial charge in [-0.25, -0.2) is 24.7 Å². The molecule has 0 radical (unpaired) electrons. The summed E-state index contributed by atoms with van der Waals surface area (Å²) in [7, 11) is 0. The molecule has 1 aliphatic heterocycles. The first-order valence-electron chi connectivity index (χ1n) is 14.0. The maximum atomic E-state index is 12.7. The number of likely N-dealkylation sites (tertiary alicyclic amines) is 1. The van der Waals surface area contributed by atoms with Crippen molar-refractivity contribution in [1.29, 1.82) is 0 Å². The summed E-state index contributed by atoms with van der Waals surface area (Å²) in [4.78, 5) is 37.9. The molecule has 8 nitrogen and oxygen atoms in total. The van der Waals surface area contributed by atoms with Crippen molar-refractivity contribution in [2.24, 2.45) is 5.92 Å². The summed E-state index contributed by atoms with van der Waals surface area (Å²) in [5.74, 6) is 1.05. The van der Waals surface area contributed by atoms with Crippen LogP contribution in [0, 0.1) is 5.92 Å². The molecule has 1 aromatic carbocycles. The minimum Gasteiger partial charge on any atom is -0.344 e. The third-order valence-corrected chi connectivity index (χ3v) is 9.37. The number of carbonyl (C=O) groups is 1. The number of thiophene rings is 1. The van der Waals surface area contributed by atoms with Crippen molar-refractivity contribution in [2.75, 3.05) is 13.1 Å². The highest BCUT2D eigenvalue weighted by Gasteiger charge is 2.27. The first kappa shape index (κ1) is 25.4. The molecule has 5 aromatic rings. The van der Waals surface area contributed by atoms with Gasteiger partial charge in [-0.1, -0.05) is 36.2 Å². The molecule has 40 heavy (non-hydrogen) atoms. The Balaban J connectivity index is 1.20. The van der Waals surface area contributed by atoms with E-state index in [9.17, 15) is 4.79 Å². The van der Waals surface area contributed by atoms with Gasteiger partial charge in [-0.3, -0.25) is 0 Å². The molecule has 7 rings (SSSR count). The maximum absolute atomic E-state index is 12.7. The molecule has 2 atom stereocenters. The second-order valence-electron chi connectivity index (χ2n) is 10.9. The quantitative estimate of drug-likeness (QED) is 0.240. The van der Waals surface area contributed by atoms with Crippen molar-refractivity contribution in [1.82, 2.24) is 35.1 Å². The number of benzene rings is 1. The van der Waals surface area contributed by atoms with E-state index in [4.69, 9.17) is 21.6 Å². The molecule has 0 bridgehead atoms. The number of rotatable bonds is 5. The first-order chi connectivity index (χ1) is 19.6. The van der Waals surface area contributed by atoms with E-state index in [2.05, 4.69) is 56.7 Å². The van der Waals surface area contributed by atoms with Gasteiger partial charge in [0.1, 0.15) is 10.7 Å². The van der Waals surface area contributed by atoms with Gasteiger partial charge in [-0.15, -0.1) is 11.3 Å². The Bertz CT molecular complexity index is 1660. The van der Waals surface area contributed by atoms with Crippen molar-refractivity contribution in [2.45, 2.75) is 51.0 Å². The first-order valence-corrected chi connectivity index (χ1v) is 15.2. The lowest BCUT2D eigenvalue weighted by Crippen LogP contribution is -2.45. The summed E-state index contributed by atoms with van der Waals surface area (Å²) < 4.78 is 1.23. The summed E-state index contributed by atoms with van der Waals surface area (Å²) in [5, 5.41) is 4.85. The number of aromatic nitrogens is 5. The van der Waals surface area contributed by atoms with E-state index in [0.717, 1.165) is 79.9 Å². The molecule has 204 valence electrons. The van der Waals surface area contributed by atoms with E-state index in [1.165, 1.54) is 16.3 Å². The Morgan fingerprint density at radius 1 is 1.10 bits per heavy atom. The van der Waals surface area contributed by atoms with Crippen molar-refractivity contribution in [3.05, 3.63) is 59.6 Å². The van der Waals surface area contributed by atoms with Gasteiger partial charge in [0.2, 0.25) is 0 Å². The Hall–Kier alpha value is -3.56. The van der Waals surface area contributed by atoms with Gasteiger partial charge >= 0.3 is 6.03 Å². The second kappa shape index (κ2) is 10.8. The zero-order chi connectivity index (χ0) is 27.1. The highest BCUT2D eigenvalue weighted by molar-refractivity contribution is 7.22. The van der Waals surface area contributed by atoms with Gasteiger partial charge in [0, 0.05) is 35.7 Å². The van der Waals surface area contributed by atoms with Gasteiger partial charge in [0.15, 0.2) is 11.5 Å². The fourth-order valence-corrected chi connectivity index (χ4v) is 7.24. The van der Waals surface area contributed by atoms with Crippen molar-refractivity contribution in [3.63, 3.8) is 0 Å². The maximum Gasteiger partial charge on any atom is 0.317 e. The van der Waals surface area contributed by atoms with E-state index in [1.807, 2.05) is 11.1 Å². The van der Waals surface area contributed by atoms with Crippen LogP contribution in [0.2, 0.25) is 5.15 Å². The number of halogens is 1. The summed E-state index contributed by atoms with van der Waals surface area (Å²) in [6.07, 6.45) is 10.7. The summed E-state index contributed by atoms with van der Waals surface area (Å²) in [6.45, 7) is 1.74. The number of aromatic amines is 1. The van der Waals surface area contributed by atoms with Crippen LogP contribution in [0.5, 0.6) is 0 Å². The van der Waals surface area contributed by atoms with E-state index in [0.29, 0.717) is 28.1 Å². The van der Waals surface area contributed by atoms with Crippen LogP contribution in [0.25, 0.3) is 43.2 Å². The third kappa shape index (κ3) is 5.15. The number of nitrogens with one attached hydrogen (secondary N) is 2. The SMILES string of the molecule is O=C(NC1CCCC(Cc2cc(-c3cc4ccccc4s3)nc(-c3c[nH]c4ncc(Cl)nc34)n2)C1)N1CCCC1. The summed E-state index contributed by atoms with van der Waals surface area (Å²) in [5.41, 5.74) is 4.00. The fourth-order valence-electron chi connectivity index (χ4n) is 6.09. The molecular weight excluding hydrogens is 542 g/mol. The van der Waals surface area contributed by atoms with Crippen LogP contribution in [-0.2, 0) is 6.42 Å². The Morgan fingerprint density at radius 2 is 1.98 bits per heavy atom. The fraction of sp³-hybridized carbons (Fsp3) is 0.367. The molecule has 2 aliphatic rings. The number of hydrogen-bond acceptors (Lipinski definition) is 6. The topological polar surface area (TPSA) is 99.7 Å². The molecule has 0 spiro atoms. The number of hydrogen-bond donors (Lipinski definition) is 2.